The van der Waals surface area contributed by atoms with E-state index in [4.69, 9.17) is 16.3 Å². The van der Waals surface area contributed by atoms with Gasteiger partial charge >= 0.3 is 11.8 Å². The van der Waals surface area contributed by atoms with E-state index in [9.17, 15) is 9.59 Å². The fourth-order valence-electron chi connectivity index (χ4n) is 4.35. The molecule has 3 unspecified atom stereocenters. The Morgan fingerprint density at radius 3 is 2.76 bits per heavy atom. The van der Waals surface area contributed by atoms with Crippen molar-refractivity contribution >= 4 is 23.4 Å². The van der Waals surface area contributed by atoms with Gasteiger partial charge in [0, 0.05) is 29.7 Å². The molecule has 2 N–H and O–H groups in total. The Kier molecular flexibility index (Phi) is 5.37. The van der Waals surface area contributed by atoms with E-state index in [1.165, 1.54) is 5.57 Å². The lowest BCUT2D eigenvalue weighted by atomic mass is 9.85. The molecule has 3 aliphatic rings. The number of allylic oxidation sites excluding steroid dienone is 2. The maximum Gasteiger partial charge on any atom is 0.312 e. The number of ether oxygens (including phenoxy) is 1. The Hall–Kier alpha value is -2.73. The molecule has 1 aromatic carbocycles. The summed E-state index contributed by atoms with van der Waals surface area (Å²) in [5, 5.41) is 6.93. The van der Waals surface area contributed by atoms with Gasteiger partial charge in [0.05, 0.1) is 19.2 Å². The highest BCUT2D eigenvalue weighted by Crippen LogP contribution is 2.44. The van der Waals surface area contributed by atoms with Crippen LogP contribution in [0.3, 0.4) is 0 Å². The number of amides is 2. The van der Waals surface area contributed by atoms with Crippen LogP contribution in [0.25, 0.3) is 0 Å². The molecule has 0 aromatic heterocycles. The van der Waals surface area contributed by atoms with Crippen LogP contribution in [0.2, 0.25) is 0 Å². The third kappa shape index (κ3) is 3.53. The van der Waals surface area contributed by atoms with Crippen LogP contribution in [0.1, 0.15) is 24.9 Å². The SMILES string of the molecule is CCNC(=O)C(=O)N1CCC2=C(NC3C=CC(Cl)=CC23)C1c1ccc(OC)cc1. The lowest BCUT2D eigenvalue weighted by Crippen LogP contribution is -2.48. The maximum absolute atomic E-state index is 12.9. The van der Waals surface area contributed by atoms with Gasteiger partial charge < -0.3 is 20.3 Å². The van der Waals surface area contributed by atoms with Gasteiger partial charge in [-0.3, -0.25) is 9.59 Å². The number of nitrogens with zero attached hydrogens (tertiary/aromatic N) is 1. The number of halogens is 1. The Bertz CT molecular complexity index is 920. The number of likely N-dealkylation sites (N-methyl/N-ethyl adjacent to an activating group) is 1. The second-order valence-corrected chi connectivity index (χ2v) is 7.77. The van der Waals surface area contributed by atoms with E-state index in [0.29, 0.717) is 19.5 Å². The summed E-state index contributed by atoms with van der Waals surface area (Å²) in [7, 11) is 1.62. The van der Waals surface area contributed by atoms with Gasteiger partial charge in [-0.25, -0.2) is 0 Å². The molecule has 2 amide bonds. The van der Waals surface area contributed by atoms with Crippen molar-refractivity contribution < 1.29 is 14.3 Å². The predicted molar refractivity (Wildman–Crippen MR) is 111 cm³/mol. The largest absolute Gasteiger partial charge is 0.497 e. The summed E-state index contributed by atoms with van der Waals surface area (Å²) in [5.41, 5.74) is 3.17. The van der Waals surface area contributed by atoms with Crippen molar-refractivity contribution in [1.29, 1.82) is 0 Å². The summed E-state index contributed by atoms with van der Waals surface area (Å²) in [6, 6.07) is 7.39. The lowest BCUT2D eigenvalue weighted by Gasteiger charge is -2.37. The first-order valence-electron chi connectivity index (χ1n) is 9.81. The van der Waals surface area contributed by atoms with Crippen LogP contribution >= 0.6 is 11.6 Å². The predicted octanol–water partition coefficient (Wildman–Crippen LogP) is 2.64. The quantitative estimate of drug-likeness (QED) is 0.747. The second-order valence-electron chi connectivity index (χ2n) is 7.33. The van der Waals surface area contributed by atoms with Crippen LogP contribution < -0.4 is 15.4 Å². The zero-order valence-electron chi connectivity index (χ0n) is 16.4. The van der Waals surface area contributed by atoms with E-state index in [1.807, 2.05) is 30.3 Å². The van der Waals surface area contributed by atoms with Crippen LogP contribution in [0.15, 0.2) is 58.8 Å². The van der Waals surface area contributed by atoms with Crippen LogP contribution in [0.5, 0.6) is 5.75 Å². The number of hydrogen-bond donors (Lipinski definition) is 2. The van der Waals surface area contributed by atoms with E-state index in [-0.39, 0.29) is 18.0 Å². The van der Waals surface area contributed by atoms with Gasteiger partial charge in [0.15, 0.2) is 0 Å². The van der Waals surface area contributed by atoms with Crippen molar-refractivity contribution in [3.8, 4) is 5.75 Å². The Balaban J connectivity index is 1.75. The molecule has 0 saturated heterocycles. The van der Waals surface area contributed by atoms with Gasteiger partial charge in [-0.2, -0.15) is 0 Å². The number of carbonyl (C=O) groups excluding carboxylic acids is 2. The summed E-state index contributed by atoms with van der Waals surface area (Å²) < 4.78 is 5.27. The second kappa shape index (κ2) is 7.95. The molecule has 1 aliphatic carbocycles. The standard InChI is InChI=1S/C22H24ClN3O3/c1-3-24-21(27)22(28)26-11-10-16-17-12-14(23)6-9-18(17)25-19(16)20(26)13-4-7-15(29-2)8-5-13/h4-9,12,17-18,20,25H,3,10-11H2,1-2H3,(H,24,27). The third-order valence-corrected chi connectivity index (χ3v) is 5.94. The number of hydrogen-bond acceptors (Lipinski definition) is 4. The molecular weight excluding hydrogens is 390 g/mol. The molecule has 1 aromatic rings. The van der Waals surface area contributed by atoms with E-state index >= 15 is 0 Å². The normalized spacial score (nSPS) is 25.0. The molecule has 0 fully saturated rings. The van der Waals surface area contributed by atoms with Crippen molar-refractivity contribution in [1.82, 2.24) is 15.5 Å². The molecule has 4 rings (SSSR count). The van der Waals surface area contributed by atoms with Crippen LogP contribution in [-0.4, -0.2) is 43.0 Å². The highest BCUT2D eigenvalue weighted by atomic mass is 35.5. The molecule has 29 heavy (non-hydrogen) atoms. The molecule has 7 heteroatoms. The molecule has 152 valence electrons. The minimum atomic E-state index is -0.576. The number of fused-ring (bicyclic) bond motifs is 2. The summed E-state index contributed by atoms with van der Waals surface area (Å²) in [6.45, 7) is 2.69. The zero-order chi connectivity index (χ0) is 20.5. The fraction of sp³-hybridized carbons (Fsp3) is 0.364. The van der Waals surface area contributed by atoms with E-state index in [0.717, 1.165) is 22.0 Å². The van der Waals surface area contributed by atoms with E-state index in [2.05, 4.69) is 22.8 Å². The number of nitrogens with one attached hydrogen (secondary N) is 2. The van der Waals surface area contributed by atoms with Gasteiger partial charge in [0.25, 0.3) is 0 Å². The van der Waals surface area contributed by atoms with Crippen LogP contribution in [0.4, 0.5) is 0 Å². The molecule has 2 heterocycles. The van der Waals surface area contributed by atoms with Crippen molar-refractivity contribution in [3.63, 3.8) is 0 Å². The van der Waals surface area contributed by atoms with E-state index < -0.39 is 11.8 Å². The summed E-state index contributed by atoms with van der Waals surface area (Å²) >= 11 is 6.25. The lowest BCUT2D eigenvalue weighted by molar-refractivity contribution is -0.147. The fourth-order valence-corrected chi connectivity index (χ4v) is 4.56. The summed E-state index contributed by atoms with van der Waals surface area (Å²) in [4.78, 5) is 26.9. The number of carbonyl (C=O) groups is 2. The molecule has 0 spiro atoms. The molecule has 0 radical (unpaired) electrons. The van der Waals surface area contributed by atoms with Crippen molar-refractivity contribution in [2.75, 3.05) is 20.2 Å². The topological polar surface area (TPSA) is 70.7 Å². The third-order valence-electron chi connectivity index (χ3n) is 5.69. The minimum Gasteiger partial charge on any atom is -0.497 e. The summed E-state index contributed by atoms with van der Waals surface area (Å²) in [5.74, 6) is -0.177. The first-order valence-corrected chi connectivity index (χ1v) is 10.2. The van der Waals surface area contributed by atoms with Crippen LogP contribution in [-0.2, 0) is 9.59 Å². The maximum atomic E-state index is 12.9. The monoisotopic (exact) mass is 413 g/mol. The smallest absolute Gasteiger partial charge is 0.312 e. The number of rotatable bonds is 3. The molecule has 3 atom stereocenters. The Labute approximate surface area is 175 Å². The average molecular weight is 414 g/mol. The average Bonchev–Trinajstić information content (AvgIpc) is 3.10. The first-order chi connectivity index (χ1) is 14.0. The van der Waals surface area contributed by atoms with E-state index in [1.54, 1.807) is 18.9 Å². The van der Waals surface area contributed by atoms with Gasteiger partial charge in [-0.15, -0.1) is 0 Å². The summed E-state index contributed by atoms with van der Waals surface area (Å²) in [6.07, 6.45) is 6.73. The highest BCUT2D eigenvalue weighted by Gasteiger charge is 2.43. The number of benzene rings is 1. The molecular formula is C22H24ClN3O3. The highest BCUT2D eigenvalue weighted by molar-refractivity contribution is 6.35. The van der Waals surface area contributed by atoms with Crippen molar-refractivity contribution in [3.05, 3.63) is 64.4 Å². The first kappa shape index (κ1) is 19.6. The van der Waals surface area contributed by atoms with Crippen molar-refractivity contribution in [2.24, 2.45) is 5.92 Å². The Morgan fingerprint density at radius 2 is 2.07 bits per heavy atom. The van der Waals surface area contributed by atoms with Crippen molar-refractivity contribution in [2.45, 2.75) is 25.4 Å². The molecule has 6 nitrogen and oxygen atoms in total. The van der Waals surface area contributed by atoms with Gasteiger partial charge in [0.1, 0.15) is 5.75 Å². The molecule has 2 aliphatic heterocycles. The minimum absolute atomic E-state index is 0.114. The zero-order valence-corrected chi connectivity index (χ0v) is 17.2. The Morgan fingerprint density at radius 1 is 1.31 bits per heavy atom. The van der Waals surface area contributed by atoms with Crippen LogP contribution in [0, 0.1) is 5.92 Å². The molecule has 0 bridgehead atoms. The van der Waals surface area contributed by atoms with Gasteiger partial charge in [0.2, 0.25) is 0 Å². The van der Waals surface area contributed by atoms with Gasteiger partial charge in [-0.1, -0.05) is 35.9 Å². The number of methoxy groups -OCH3 is 1. The van der Waals surface area contributed by atoms with Gasteiger partial charge in [-0.05, 0) is 42.7 Å². The molecule has 0 saturated carbocycles.